The molecule has 0 saturated heterocycles. The Bertz CT molecular complexity index is 339. The second-order valence-electron chi connectivity index (χ2n) is 3.46. The van der Waals surface area contributed by atoms with E-state index in [1.54, 1.807) is 0 Å². The monoisotopic (exact) mass is 192 g/mol. The first kappa shape index (κ1) is 8.83. The van der Waals surface area contributed by atoms with E-state index in [1.807, 2.05) is 6.08 Å². The van der Waals surface area contributed by atoms with Crippen molar-refractivity contribution in [1.82, 2.24) is 0 Å². The first-order valence-electron chi connectivity index (χ1n) is 4.69. The minimum Gasteiger partial charge on any atom is -0.122 e. The summed E-state index contributed by atoms with van der Waals surface area (Å²) in [4.78, 5) is 0. The molecule has 0 saturated carbocycles. The standard InChI is InChI=1S/C12H13Cl/c1-2-9-6-7-10(8-13)12-5-3-4-11(9)12/h2,6-7H,1,3-5,8H2. The summed E-state index contributed by atoms with van der Waals surface area (Å²) in [5, 5.41) is 0. The van der Waals surface area contributed by atoms with Crippen LogP contribution in [0.5, 0.6) is 0 Å². The van der Waals surface area contributed by atoms with E-state index in [-0.39, 0.29) is 0 Å². The highest BCUT2D eigenvalue weighted by molar-refractivity contribution is 6.17. The van der Waals surface area contributed by atoms with Crippen LogP contribution in [-0.2, 0) is 18.7 Å². The molecule has 1 aromatic rings. The van der Waals surface area contributed by atoms with Crippen LogP contribution in [0.1, 0.15) is 28.7 Å². The average molecular weight is 193 g/mol. The van der Waals surface area contributed by atoms with Crippen molar-refractivity contribution in [3.8, 4) is 0 Å². The third-order valence-corrected chi connectivity index (χ3v) is 3.07. The molecule has 0 aromatic heterocycles. The van der Waals surface area contributed by atoms with Gasteiger partial charge in [0.05, 0.1) is 0 Å². The molecule has 0 N–H and O–H groups in total. The minimum atomic E-state index is 0.639. The van der Waals surface area contributed by atoms with E-state index in [0.29, 0.717) is 5.88 Å². The molecule has 0 heterocycles. The summed E-state index contributed by atoms with van der Waals surface area (Å²) >= 11 is 5.88. The zero-order chi connectivity index (χ0) is 9.26. The fourth-order valence-electron chi connectivity index (χ4n) is 2.12. The number of halogens is 1. The molecule has 0 atom stereocenters. The van der Waals surface area contributed by atoms with Crippen molar-refractivity contribution in [2.45, 2.75) is 25.1 Å². The van der Waals surface area contributed by atoms with Crippen LogP contribution in [0, 0.1) is 0 Å². The molecular formula is C12H13Cl. The molecule has 1 aromatic carbocycles. The molecular weight excluding hydrogens is 180 g/mol. The Morgan fingerprint density at radius 2 is 2.08 bits per heavy atom. The molecule has 1 aliphatic rings. The van der Waals surface area contributed by atoms with Crippen LogP contribution in [0.4, 0.5) is 0 Å². The summed E-state index contributed by atoms with van der Waals surface area (Å²) in [6.45, 7) is 3.83. The van der Waals surface area contributed by atoms with Gasteiger partial charge in [0.25, 0.3) is 0 Å². The number of rotatable bonds is 2. The van der Waals surface area contributed by atoms with E-state index in [0.717, 1.165) is 0 Å². The Labute approximate surface area is 84.2 Å². The molecule has 13 heavy (non-hydrogen) atoms. The fraction of sp³-hybridized carbons (Fsp3) is 0.333. The number of hydrogen-bond donors (Lipinski definition) is 0. The van der Waals surface area contributed by atoms with E-state index in [2.05, 4.69) is 18.7 Å². The molecule has 0 unspecified atom stereocenters. The van der Waals surface area contributed by atoms with Crippen LogP contribution in [0.15, 0.2) is 18.7 Å². The first-order chi connectivity index (χ1) is 6.36. The molecule has 0 radical (unpaired) electrons. The Balaban J connectivity index is 2.58. The molecule has 2 rings (SSSR count). The Morgan fingerprint density at radius 1 is 1.31 bits per heavy atom. The Morgan fingerprint density at radius 3 is 2.77 bits per heavy atom. The van der Waals surface area contributed by atoms with E-state index >= 15 is 0 Å². The van der Waals surface area contributed by atoms with Crippen molar-refractivity contribution in [2.24, 2.45) is 0 Å². The summed E-state index contributed by atoms with van der Waals surface area (Å²) in [5.74, 6) is 0.639. The Hall–Kier alpha value is -0.750. The van der Waals surface area contributed by atoms with E-state index in [1.165, 1.54) is 41.5 Å². The van der Waals surface area contributed by atoms with Gasteiger partial charge in [0.1, 0.15) is 0 Å². The van der Waals surface area contributed by atoms with Gasteiger partial charge in [0, 0.05) is 5.88 Å². The molecule has 0 aliphatic heterocycles. The fourth-order valence-corrected chi connectivity index (χ4v) is 2.38. The third kappa shape index (κ3) is 1.40. The van der Waals surface area contributed by atoms with E-state index < -0.39 is 0 Å². The molecule has 0 spiro atoms. The summed E-state index contributed by atoms with van der Waals surface area (Å²) in [7, 11) is 0. The van der Waals surface area contributed by atoms with Crippen LogP contribution in [-0.4, -0.2) is 0 Å². The molecule has 0 amide bonds. The van der Waals surface area contributed by atoms with Gasteiger partial charge in [0.2, 0.25) is 0 Å². The zero-order valence-corrected chi connectivity index (χ0v) is 8.40. The van der Waals surface area contributed by atoms with Crippen LogP contribution in [0.25, 0.3) is 6.08 Å². The van der Waals surface area contributed by atoms with Crippen LogP contribution in [0.2, 0.25) is 0 Å². The molecule has 68 valence electrons. The van der Waals surface area contributed by atoms with Crippen molar-refractivity contribution in [1.29, 1.82) is 0 Å². The van der Waals surface area contributed by atoms with Gasteiger partial charge in [-0.3, -0.25) is 0 Å². The number of benzene rings is 1. The summed E-state index contributed by atoms with van der Waals surface area (Å²) in [6.07, 6.45) is 5.60. The maximum atomic E-state index is 5.88. The number of hydrogen-bond acceptors (Lipinski definition) is 0. The van der Waals surface area contributed by atoms with Gasteiger partial charge < -0.3 is 0 Å². The molecule has 0 fully saturated rings. The van der Waals surface area contributed by atoms with Crippen molar-refractivity contribution in [2.75, 3.05) is 0 Å². The Kier molecular flexibility index (Phi) is 2.41. The molecule has 1 aliphatic carbocycles. The van der Waals surface area contributed by atoms with E-state index in [4.69, 9.17) is 11.6 Å². The van der Waals surface area contributed by atoms with Crippen molar-refractivity contribution < 1.29 is 0 Å². The maximum absolute atomic E-state index is 5.88. The first-order valence-corrected chi connectivity index (χ1v) is 5.22. The largest absolute Gasteiger partial charge is 0.122 e. The topological polar surface area (TPSA) is 0 Å². The van der Waals surface area contributed by atoms with Crippen molar-refractivity contribution >= 4 is 17.7 Å². The van der Waals surface area contributed by atoms with Gasteiger partial charge in [-0.15, -0.1) is 11.6 Å². The third-order valence-electron chi connectivity index (χ3n) is 2.78. The maximum Gasteiger partial charge on any atom is 0.0476 e. The second kappa shape index (κ2) is 3.55. The molecule has 1 heteroatoms. The van der Waals surface area contributed by atoms with Crippen molar-refractivity contribution in [3.05, 3.63) is 41.0 Å². The number of alkyl halides is 1. The summed E-state index contributed by atoms with van der Waals surface area (Å²) in [6, 6.07) is 4.27. The highest BCUT2D eigenvalue weighted by Crippen LogP contribution is 2.29. The number of fused-ring (bicyclic) bond motifs is 1. The van der Waals surface area contributed by atoms with Gasteiger partial charge in [-0.25, -0.2) is 0 Å². The smallest absolute Gasteiger partial charge is 0.0476 e. The normalized spacial score (nSPS) is 14.2. The average Bonchev–Trinajstić information content (AvgIpc) is 2.64. The van der Waals surface area contributed by atoms with Gasteiger partial charge >= 0.3 is 0 Å². The lowest BCUT2D eigenvalue weighted by Gasteiger charge is -2.08. The predicted octanol–water partition coefficient (Wildman–Crippen LogP) is 3.56. The second-order valence-corrected chi connectivity index (χ2v) is 3.73. The highest BCUT2D eigenvalue weighted by Gasteiger charge is 2.16. The van der Waals surface area contributed by atoms with Gasteiger partial charge in [-0.05, 0) is 41.5 Å². The van der Waals surface area contributed by atoms with E-state index in [9.17, 15) is 0 Å². The molecule has 0 nitrogen and oxygen atoms in total. The zero-order valence-electron chi connectivity index (χ0n) is 7.65. The summed E-state index contributed by atoms with van der Waals surface area (Å²) < 4.78 is 0. The SMILES string of the molecule is C=Cc1ccc(CCl)c2c1CCC2. The van der Waals surface area contributed by atoms with Crippen LogP contribution < -0.4 is 0 Å². The lowest BCUT2D eigenvalue weighted by atomic mass is 9.99. The highest BCUT2D eigenvalue weighted by atomic mass is 35.5. The quantitative estimate of drug-likeness (QED) is 0.629. The molecule has 0 bridgehead atoms. The van der Waals surface area contributed by atoms with Gasteiger partial charge in [0.15, 0.2) is 0 Å². The lowest BCUT2D eigenvalue weighted by Crippen LogP contribution is -1.92. The van der Waals surface area contributed by atoms with Crippen LogP contribution >= 0.6 is 11.6 Å². The lowest BCUT2D eigenvalue weighted by molar-refractivity contribution is 0.908. The van der Waals surface area contributed by atoms with Gasteiger partial charge in [-0.1, -0.05) is 24.8 Å². The minimum absolute atomic E-state index is 0.639. The van der Waals surface area contributed by atoms with Crippen LogP contribution in [0.3, 0.4) is 0 Å². The van der Waals surface area contributed by atoms with Gasteiger partial charge in [-0.2, -0.15) is 0 Å². The predicted molar refractivity (Wildman–Crippen MR) is 58.1 cm³/mol. The summed E-state index contributed by atoms with van der Waals surface area (Å²) in [5.41, 5.74) is 5.56. The van der Waals surface area contributed by atoms with Crippen molar-refractivity contribution in [3.63, 3.8) is 0 Å².